The Hall–Kier alpha value is -1.40. The van der Waals surface area contributed by atoms with E-state index in [4.69, 9.17) is 5.26 Å². The zero-order chi connectivity index (χ0) is 12.8. The minimum absolute atomic E-state index is 0.128. The minimum Gasteiger partial charge on any atom is -0.299 e. The number of benzene rings is 1. The van der Waals surface area contributed by atoms with Crippen molar-refractivity contribution in [2.45, 2.75) is 27.3 Å². The van der Waals surface area contributed by atoms with Crippen molar-refractivity contribution in [1.29, 1.82) is 5.26 Å². The van der Waals surface area contributed by atoms with E-state index >= 15 is 0 Å². The van der Waals surface area contributed by atoms with E-state index < -0.39 is 0 Å². The van der Waals surface area contributed by atoms with Crippen LogP contribution in [0.3, 0.4) is 0 Å². The fourth-order valence-electron chi connectivity index (χ4n) is 1.85. The standard InChI is InChI=1S/C14H19FN2/c1-4-17(9-11(2)3)10-13-7-5-6-12(8-16)14(13)15/h5-7,11H,4,9-10H2,1-3H3. The monoisotopic (exact) mass is 234 g/mol. The Labute approximate surface area is 103 Å². The molecule has 0 spiro atoms. The maximum absolute atomic E-state index is 13.9. The number of halogens is 1. The highest BCUT2D eigenvalue weighted by Crippen LogP contribution is 2.15. The summed E-state index contributed by atoms with van der Waals surface area (Å²) in [6.07, 6.45) is 0. The average molecular weight is 234 g/mol. The molecule has 0 heterocycles. The lowest BCUT2D eigenvalue weighted by molar-refractivity contribution is 0.245. The van der Waals surface area contributed by atoms with Crippen LogP contribution in [0, 0.1) is 23.1 Å². The van der Waals surface area contributed by atoms with Gasteiger partial charge in [0, 0.05) is 18.7 Å². The molecule has 1 aromatic carbocycles. The second-order valence-corrected chi connectivity index (χ2v) is 4.61. The fourth-order valence-corrected chi connectivity index (χ4v) is 1.85. The zero-order valence-electron chi connectivity index (χ0n) is 10.7. The van der Waals surface area contributed by atoms with E-state index in [2.05, 4.69) is 25.7 Å². The van der Waals surface area contributed by atoms with E-state index in [-0.39, 0.29) is 11.4 Å². The summed E-state index contributed by atoms with van der Waals surface area (Å²) < 4.78 is 13.9. The van der Waals surface area contributed by atoms with Crippen molar-refractivity contribution < 1.29 is 4.39 Å². The Balaban J connectivity index is 2.83. The van der Waals surface area contributed by atoms with E-state index in [0.29, 0.717) is 18.0 Å². The Kier molecular flexibility index (Phi) is 5.11. The smallest absolute Gasteiger partial charge is 0.145 e. The molecule has 0 radical (unpaired) electrons. The second-order valence-electron chi connectivity index (χ2n) is 4.61. The van der Waals surface area contributed by atoms with Gasteiger partial charge in [-0.05, 0) is 18.5 Å². The van der Waals surface area contributed by atoms with Gasteiger partial charge >= 0.3 is 0 Å². The van der Waals surface area contributed by atoms with Gasteiger partial charge in [-0.3, -0.25) is 4.90 Å². The van der Waals surface area contributed by atoms with E-state index in [0.717, 1.165) is 13.1 Å². The molecule has 1 aromatic rings. The molecule has 0 fully saturated rings. The van der Waals surface area contributed by atoms with Gasteiger partial charge in [0.1, 0.15) is 11.9 Å². The predicted molar refractivity (Wildman–Crippen MR) is 66.9 cm³/mol. The van der Waals surface area contributed by atoms with Gasteiger partial charge in [-0.1, -0.05) is 32.9 Å². The van der Waals surface area contributed by atoms with Crippen LogP contribution in [0.5, 0.6) is 0 Å². The van der Waals surface area contributed by atoms with Crippen LogP contribution in [0.2, 0.25) is 0 Å². The van der Waals surface area contributed by atoms with Crippen LogP contribution in [-0.4, -0.2) is 18.0 Å². The largest absolute Gasteiger partial charge is 0.299 e. The predicted octanol–water partition coefficient (Wildman–Crippen LogP) is 3.18. The lowest BCUT2D eigenvalue weighted by Gasteiger charge is -2.22. The lowest BCUT2D eigenvalue weighted by atomic mass is 10.1. The SMILES string of the molecule is CCN(Cc1cccc(C#N)c1F)CC(C)C. The number of rotatable bonds is 5. The lowest BCUT2D eigenvalue weighted by Crippen LogP contribution is -2.27. The highest BCUT2D eigenvalue weighted by atomic mass is 19.1. The Morgan fingerprint density at radius 1 is 1.41 bits per heavy atom. The number of hydrogen-bond acceptors (Lipinski definition) is 2. The van der Waals surface area contributed by atoms with Gasteiger partial charge < -0.3 is 0 Å². The molecular weight excluding hydrogens is 215 g/mol. The van der Waals surface area contributed by atoms with Crippen molar-refractivity contribution in [3.8, 4) is 6.07 Å². The molecule has 0 N–H and O–H groups in total. The first-order valence-electron chi connectivity index (χ1n) is 5.98. The molecule has 2 nitrogen and oxygen atoms in total. The maximum Gasteiger partial charge on any atom is 0.145 e. The Morgan fingerprint density at radius 2 is 2.12 bits per heavy atom. The van der Waals surface area contributed by atoms with Crippen LogP contribution in [0.25, 0.3) is 0 Å². The van der Waals surface area contributed by atoms with Crippen molar-refractivity contribution in [2.24, 2.45) is 5.92 Å². The number of nitrogens with zero attached hydrogens (tertiary/aromatic N) is 2. The summed E-state index contributed by atoms with van der Waals surface area (Å²) >= 11 is 0. The van der Waals surface area contributed by atoms with E-state index in [1.165, 1.54) is 6.07 Å². The summed E-state index contributed by atoms with van der Waals surface area (Å²) in [5.41, 5.74) is 0.731. The molecule has 0 amide bonds. The van der Waals surface area contributed by atoms with Gasteiger partial charge in [0.2, 0.25) is 0 Å². The minimum atomic E-state index is -0.378. The number of nitriles is 1. The fraction of sp³-hybridized carbons (Fsp3) is 0.500. The van der Waals surface area contributed by atoms with Crippen LogP contribution < -0.4 is 0 Å². The second kappa shape index (κ2) is 6.36. The van der Waals surface area contributed by atoms with Gasteiger partial charge in [-0.2, -0.15) is 5.26 Å². The van der Waals surface area contributed by atoms with Gasteiger partial charge in [-0.25, -0.2) is 4.39 Å². The van der Waals surface area contributed by atoms with Crippen LogP contribution in [-0.2, 0) is 6.54 Å². The van der Waals surface area contributed by atoms with Crippen molar-refractivity contribution >= 4 is 0 Å². The molecule has 0 bridgehead atoms. The average Bonchev–Trinajstić information content (AvgIpc) is 2.30. The van der Waals surface area contributed by atoms with Crippen LogP contribution in [0.1, 0.15) is 31.9 Å². The Bertz CT molecular complexity index is 407. The van der Waals surface area contributed by atoms with Crippen molar-refractivity contribution in [2.75, 3.05) is 13.1 Å². The molecule has 0 aliphatic rings. The highest BCUT2D eigenvalue weighted by molar-refractivity contribution is 5.34. The molecule has 0 aliphatic carbocycles. The van der Waals surface area contributed by atoms with Gasteiger partial charge in [0.05, 0.1) is 5.56 Å². The summed E-state index contributed by atoms with van der Waals surface area (Å²) in [7, 11) is 0. The van der Waals surface area contributed by atoms with Crippen molar-refractivity contribution in [3.63, 3.8) is 0 Å². The molecule has 0 unspecified atom stereocenters. The summed E-state index contributed by atoms with van der Waals surface area (Å²) in [6.45, 7) is 8.74. The van der Waals surface area contributed by atoms with E-state index in [9.17, 15) is 4.39 Å². The van der Waals surface area contributed by atoms with E-state index in [1.54, 1.807) is 12.1 Å². The van der Waals surface area contributed by atoms with Gasteiger partial charge in [-0.15, -0.1) is 0 Å². The molecule has 0 aromatic heterocycles. The van der Waals surface area contributed by atoms with E-state index in [1.807, 2.05) is 6.07 Å². The third kappa shape index (κ3) is 3.83. The van der Waals surface area contributed by atoms with Crippen molar-refractivity contribution in [1.82, 2.24) is 4.90 Å². The van der Waals surface area contributed by atoms with Gasteiger partial charge in [0.15, 0.2) is 0 Å². The highest BCUT2D eigenvalue weighted by Gasteiger charge is 2.11. The summed E-state index contributed by atoms with van der Waals surface area (Å²) in [6, 6.07) is 6.87. The molecule has 0 saturated carbocycles. The van der Waals surface area contributed by atoms with Crippen LogP contribution in [0.4, 0.5) is 4.39 Å². The molecule has 1 rings (SSSR count). The summed E-state index contributed by atoms with van der Waals surface area (Å²) in [5, 5.41) is 8.78. The third-order valence-corrected chi connectivity index (χ3v) is 2.66. The normalized spacial score (nSPS) is 10.9. The summed E-state index contributed by atoms with van der Waals surface area (Å²) in [5.74, 6) is 0.175. The quantitative estimate of drug-likeness (QED) is 0.782. The topological polar surface area (TPSA) is 27.0 Å². The molecule has 0 aliphatic heterocycles. The van der Waals surface area contributed by atoms with Crippen LogP contribution >= 0.6 is 0 Å². The third-order valence-electron chi connectivity index (χ3n) is 2.66. The first-order valence-corrected chi connectivity index (χ1v) is 5.98. The molecule has 0 saturated heterocycles. The maximum atomic E-state index is 13.9. The number of hydrogen-bond donors (Lipinski definition) is 0. The molecule has 17 heavy (non-hydrogen) atoms. The molecular formula is C14H19FN2. The Morgan fingerprint density at radius 3 is 2.65 bits per heavy atom. The van der Waals surface area contributed by atoms with Gasteiger partial charge in [0.25, 0.3) is 0 Å². The van der Waals surface area contributed by atoms with Crippen LogP contribution in [0.15, 0.2) is 18.2 Å². The summed E-state index contributed by atoms with van der Waals surface area (Å²) in [4.78, 5) is 2.18. The first-order chi connectivity index (χ1) is 8.08. The van der Waals surface area contributed by atoms with Crippen molar-refractivity contribution in [3.05, 3.63) is 35.1 Å². The molecule has 0 atom stereocenters. The first kappa shape index (κ1) is 13.7. The zero-order valence-corrected chi connectivity index (χ0v) is 10.7. The molecule has 3 heteroatoms. The molecule has 92 valence electrons.